The standard InChI is InChI=1S/C59H55N5O2/c1-35-46(63-47-25-13-9-21-38(47)42-33-54-44(31-50(42)63)40-23-11-15-27-52(40)65-54)29-30-49(56(35)59-61-57(36-17-5-3-6-18-36)60-58(62(59)2)37-19-7-4-8-20-37)64-48-26-14-10-22-39(48)43-34-55-45(32-51(43)64)41-24-12-16-28-53(41)66-55/h3-5,7,9-17,19,21,23-31,33-35,39,42-43,45-46,50-51,57-58,60H,6,8,18,20,22,32H2,1-2H3. The van der Waals surface area contributed by atoms with Gasteiger partial charge in [0.05, 0.1) is 12.1 Å². The van der Waals surface area contributed by atoms with Gasteiger partial charge in [0, 0.05) is 81.5 Å². The zero-order valence-corrected chi connectivity index (χ0v) is 37.6. The van der Waals surface area contributed by atoms with Crippen molar-refractivity contribution in [3.05, 3.63) is 201 Å². The molecular weight excluding hydrogens is 811 g/mol. The number of rotatable bonds is 5. The molecule has 7 heteroatoms. The van der Waals surface area contributed by atoms with E-state index in [9.17, 15) is 0 Å². The van der Waals surface area contributed by atoms with Gasteiger partial charge in [0.15, 0.2) is 0 Å². The summed E-state index contributed by atoms with van der Waals surface area (Å²) in [6.07, 6.45) is 39.4. The Hall–Kier alpha value is -6.57. The molecule has 66 heavy (non-hydrogen) atoms. The van der Waals surface area contributed by atoms with Gasteiger partial charge in [-0.2, -0.15) is 0 Å². The normalized spacial score (nSPS) is 32.1. The van der Waals surface area contributed by atoms with Gasteiger partial charge in [-0.15, -0.1) is 0 Å². The molecule has 10 unspecified atom stereocenters. The van der Waals surface area contributed by atoms with E-state index in [0.717, 1.165) is 66.9 Å². The van der Waals surface area contributed by atoms with Crippen LogP contribution in [0.4, 0.5) is 5.69 Å². The number of likely N-dealkylation sites (tertiary alicyclic amines) is 1. The Labute approximate surface area is 386 Å². The van der Waals surface area contributed by atoms with Gasteiger partial charge in [-0.25, -0.2) is 4.99 Å². The van der Waals surface area contributed by atoms with Crippen LogP contribution in [0.15, 0.2) is 189 Å². The second-order valence-electron chi connectivity index (χ2n) is 20.0. The van der Waals surface area contributed by atoms with Crippen molar-refractivity contribution in [3.63, 3.8) is 0 Å². The Kier molecular flexibility index (Phi) is 8.78. The summed E-state index contributed by atoms with van der Waals surface area (Å²) in [7, 11) is 2.29. The van der Waals surface area contributed by atoms with Crippen molar-refractivity contribution in [1.82, 2.24) is 15.1 Å². The number of furan rings is 1. The van der Waals surface area contributed by atoms with E-state index in [-0.39, 0.29) is 48.2 Å². The lowest BCUT2D eigenvalue weighted by Crippen LogP contribution is -2.58. The van der Waals surface area contributed by atoms with Gasteiger partial charge in [0.2, 0.25) is 0 Å². The largest absolute Gasteiger partial charge is 0.461 e. The van der Waals surface area contributed by atoms with Crippen molar-refractivity contribution in [1.29, 1.82) is 0 Å². The number of nitrogens with one attached hydrogen (secondary N) is 1. The number of fused-ring (bicyclic) bond motifs is 12. The number of amidine groups is 1. The molecule has 14 rings (SSSR count). The van der Waals surface area contributed by atoms with Gasteiger partial charge in [0.1, 0.15) is 40.7 Å². The highest BCUT2D eigenvalue weighted by molar-refractivity contribution is 6.01. The van der Waals surface area contributed by atoms with Crippen molar-refractivity contribution in [3.8, 4) is 5.75 Å². The molecule has 1 N–H and O–H groups in total. The number of likely N-dealkylation sites (N-methyl/N-ethyl adjacent to an activating group) is 1. The number of hydrogen-bond acceptors (Lipinski definition) is 7. The van der Waals surface area contributed by atoms with E-state index in [1.807, 2.05) is 0 Å². The van der Waals surface area contributed by atoms with Crippen LogP contribution in [-0.2, 0) is 0 Å². The first-order valence-electron chi connectivity index (χ1n) is 24.5. The molecule has 3 aromatic carbocycles. The smallest absolute Gasteiger partial charge is 0.135 e. The van der Waals surface area contributed by atoms with Gasteiger partial charge in [0.25, 0.3) is 0 Å². The van der Waals surface area contributed by atoms with Crippen LogP contribution in [0.5, 0.6) is 5.75 Å². The minimum absolute atomic E-state index is 0.0127. The first-order valence-corrected chi connectivity index (χ1v) is 24.5. The molecule has 0 bridgehead atoms. The highest BCUT2D eigenvalue weighted by atomic mass is 16.5. The number of ether oxygens (including phenoxy) is 1. The third-order valence-electron chi connectivity index (χ3n) is 16.6. The van der Waals surface area contributed by atoms with E-state index >= 15 is 0 Å². The third-order valence-corrected chi connectivity index (χ3v) is 16.6. The van der Waals surface area contributed by atoms with E-state index in [0.29, 0.717) is 11.8 Å². The maximum atomic E-state index is 6.66. The van der Waals surface area contributed by atoms with E-state index in [1.165, 1.54) is 55.5 Å². The number of anilines is 1. The first kappa shape index (κ1) is 38.7. The van der Waals surface area contributed by atoms with Crippen molar-refractivity contribution < 1.29 is 9.15 Å². The summed E-state index contributed by atoms with van der Waals surface area (Å²) in [6.45, 7) is 2.50. The lowest BCUT2D eigenvalue weighted by atomic mass is 9.76. The van der Waals surface area contributed by atoms with Crippen molar-refractivity contribution in [2.75, 3.05) is 11.9 Å². The summed E-state index contributed by atoms with van der Waals surface area (Å²) in [6, 6.07) is 26.8. The molecule has 0 radical (unpaired) electrons. The summed E-state index contributed by atoms with van der Waals surface area (Å²) in [5.41, 5.74) is 12.8. The molecule has 5 heterocycles. The Morgan fingerprint density at radius 3 is 2.44 bits per heavy atom. The second kappa shape index (κ2) is 15.0. The SMILES string of the molecule is CC1C(C2=NC(C3=CC=CCC3)NC(C3=CC=CCC3)N2C)=C(N2C3=CC=CCC3C3C=C4Oc5ccccc5C4CC32)C=CC1N1c2ccccc2C2C=c3oc4ccccc4c3=CC21. The highest BCUT2D eigenvalue weighted by Crippen LogP contribution is 2.57. The number of aliphatic imine (C=N–C) groups is 1. The average Bonchev–Trinajstić information content (AvgIpc) is 4.10. The predicted octanol–water partition coefficient (Wildman–Crippen LogP) is 10.2. The van der Waals surface area contributed by atoms with E-state index in [1.54, 1.807) is 0 Å². The minimum Gasteiger partial charge on any atom is -0.461 e. The molecule has 0 spiro atoms. The van der Waals surface area contributed by atoms with Crippen LogP contribution in [0.3, 0.4) is 0 Å². The highest BCUT2D eigenvalue weighted by Gasteiger charge is 2.53. The molecule has 0 saturated carbocycles. The Morgan fingerprint density at radius 1 is 0.788 bits per heavy atom. The second-order valence-corrected chi connectivity index (χ2v) is 20.0. The van der Waals surface area contributed by atoms with Gasteiger partial charge in [-0.1, -0.05) is 116 Å². The molecule has 7 nitrogen and oxygen atoms in total. The van der Waals surface area contributed by atoms with Crippen molar-refractivity contribution >= 4 is 34.6 Å². The van der Waals surface area contributed by atoms with Crippen LogP contribution in [-0.4, -0.2) is 53.1 Å². The fourth-order valence-corrected chi connectivity index (χ4v) is 13.5. The fraction of sp³-hybridized carbons (Fsp3) is 0.305. The Bertz CT molecular complexity index is 3190. The number of nitrogens with zero attached hydrogens (tertiary/aromatic N) is 4. The third kappa shape index (κ3) is 5.74. The first-order chi connectivity index (χ1) is 32.6. The summed E-state index contributed by atoms with van der Waals surface area (Å²) < 4.78 is 13.2. The molecule has 10 aliphatic rings. The Morgan fingerprint density at radius 2 is 1.58 bits per heavy atom. The summed E-state index contributed by atoms with van der Waals surface area (Å²) in [4.78, 5) is 14.0. The van der Waals surface area contributed by atoms with Crippen molar-refractivity contribution in [2.45, 2.75) is 87.7 Å². The van der Waals surface area contributed by atoms with E-state index in [4.69, 9.17) is 14.1 Å². The van der Waals surface area contributed by atoms with Gasteiger partial charge < -0.3 is 23.9 Å². The molecule has 328 valence electrons. The number of allylic oxidation sites excluding steroid dienone is 12. The van der Waals surface area contributed by atoms with Crippen LogP contribution >= 0.6 is 0 Å². The van der Waals surface area contributed by atoms with Crippen LogP contribution in [0.2, 0.25) is 0 Å². The lowest BCUT2D eigenvalue weighted by Gasteiger charge is -2.47. The van der Waals surface area contributed by atoms with E-state index in [2.05, 4.69) is 192 Å². The van der Waals surface area contributed by atoms with E-state index < -0.39 is 0 Å². The predicted molar refractivity (Wildman–Crippen MR) is 265 cm³/mol. The van der Waals surface area contributed by atoms with Crippen LogP contribution < -0.4 is 25.6 Å². The fourth-order valence-electron chi connectivity index (χ4n) is 13.5. The molecule has 4 aliphatic heterocycles. The van der Waals surface area contributed by atoms with Crippen molar-refractivity contribution in [2.24, 2.45) is 22.7 Å². The van der Waals surface area contributed by atoms with Crippen LogP contribution in [0, 0.1) is 17.8 Å². The summed E-state index contributed by atoms with van der Waals surface area (Å²) in [5, 5.41) is 6.47. The maximum Gasteiger partial charge on any atom is 0.135 e. The van der Waals surface area contributed by atoms with Gasteiger partial charge >= 0.3 is 0 Å². The van der Waals surface area contributed by atoms with Crippen LogP contribution in [0.25, 0.3) is 23.1 Å². The molecule has 10 atom stereocenters. The minimum atomic E-state index is -0.127. The summed E-state index contributed by atoms with van der Waals surface area (Å²) >= 11 is 0. The Balaban J connectivity index is 0.958. The maximum absolute atomic E-state index is 6.66. The summed E-state index contributed by atoms with van der Waals surface area (Å²) in [5.74, 6) is 4.47. The zero-order valence-electron chi connectivity index (χ0n) is 37.6. The topological polar surface area (TPSA) is 56.5 Å². The molecule has 1 fully saturated rings. The molecular formula is C59H55N5O2. The molecule has 1 aromatic heterocycles. The number of benzene rings is 3. The number of hydrogen-bond donors (Lipinski definition) is 1. The molecule has 0 amide bonds. The molecule has 4 aromatic rings. The number of para-hydroxylation sites is 3. The lowest BCUT2D eigenvalue weighted by molar-refractivity contribution is 0.259. The van der Waals surface area contributed by atoms with Gasteiger partial charge in [-0.05, 0) is 104 Å². The quantitative estimate of drug-likeness (QED) is 0.216. The monoisotopic (exact) mass is 865 g/mol. The molecule has 1 saturated heterocycles. The van der Waals surface area contributed by atoms with Crippen LogP contribution in [0.1, 0.15) is 68.4 Å². The van der Waals surface area contributed by atoms with Gasteiger partial charge in [-0.3, -0.25) is 5.32 Å². The molecule has 6 aliphatic carbocycles. The zero-order chi connectivity index (χ0) is 43.6. The average molecular weight is 866 g/mol.